The van der Waals surface area contributed by atoms with Gasteiger partial charge in [-0.05, 0) is 29.8 Å². The van der Waals surface area contributed by atoms with E-state index >= 15 is 0 Å². The Labute approximate surface area is 161 Å². The van der Waals surface area contributed by atoms with E-state index in [-0.39, 0.29) is 24.0 Å². The molecule has 0 radical (unpaired) electrons. The molecule has 1 spiro atoms. The van der Waals surface area contributed by atoms with Gasteiger partial charge in [0.25, 0.3) is 0 Å². The maximum Gasteiger partial charge on any atom is 0.234 e. The first-order chi connectivity index (χ1) is 13.6. The van der Waals surface area contributed by atoms with Crippen LogP contribution in [0.5, 0.6) is 0 Å². The van der Waals surface area contributed by atoms with Crippen LogP contribution in [0.1, 0.15) is 5.56 Å². The average molecular weight is 379 g/mol. The van der Waals surface area contributed by atoms with Gasteiger partial charge in [-0.25, -0.2) is 4.39 Å². The van der Waals surface area contributed by atoms with E-state index < -0.39 is 29.4 Å². The van der Waals surface area contributed by atoms with Gasteiger partial charge >= 0.3 is 0 Å². The Bertz CT molecular complexity index is 980. The molecule has 2 amide bonds. The Morgan fingerprint density at radius 1 is 1.29 bits per heavy atom. The molecule has 7 heteroatoms. The van der Waals surface area contributed by atoms with Crippen LogP contribution < -0.4 is 10.2 Å². The van der Waals surface area contributed by atoms with Crippen LogP contribution in [-0.2, 0) is 20.9 Å². The van der Waals surface area contributed by atoms with E-state index in [4.69, 9.17) is 4.74 Å². The molecule has 1 aromatic carbocycles. The molecule has 4 heterocycles. The second-order valence-corrected chi connectivity index (χ2v) is 7.35. The fourth-order valence-corrected chi connectivity index (χ4v) is 4.48. The number of halogens is 1. The third kappa shape index (κ3) is 2.46. The fourth-order valence-electron chi connectivity index (χ4n) is 4.48. The highest BCUT2D eigenvalue weighted by Crippen LogP contribution is 2.52. The van der Waals surface area contributed by atoms with Crippen molar-refractivity contribution in [3.63, 3.8) is 0 Å². The summed E-state index contributed by atoms with van der Waals surface area (Å²) in [5.41, 5.74) is 0.263. The molecule has 2 bridgehead atoms. The number of pyridine rings is 1. The van der Waals surface area contributed by atoms with Crippen molar-refractivity contribution in [2.75, 3.05) is 11.4 Å². The Balaban J connectivity index is 1.40. The van der Waals surface area contributed by atoms with E-state index in [1.807, 2.05) is 24.3 Å². The van der Waals surface area contributed by atoms with Gasteiger partial charge in [-0.15, -0.1) is 0 Å². The number of hydrogen-bond donors (Lipinski definition) is 1. The molecule has 1 N–H and O–H groups in total. The van der Waals surface area contributed by atoms with Crippen LogP contribution in [0.3, 0.4) is 0 Å². The topological polar surface area (TPSA) is 71.5 Å². The van der Waals surface area contributed by atoms with Crippen molar-refractivity contribution < 1.29 is 18.7 Å². The lowest BCUT2D eigenvalue weighted by Gasteiger charge is -2.23. The number of aromatic nitrogens is 1. The van der Waals surface area contributed by atoms with E-state index in [9.17, 15) is 14.0 Å². The zero-order valence-corrected chi connectivity index (χ0v) is 14.9. The average Bonchev–Trinajstić information content (AvgIpc) is 3.36. The lowest BCUT2D eigenvalue weighted by Crippen LogP contribution is -2.44. The van der Waals surface area contributed by atoms with E-state index in [2.05, 4.69) is 10.3 Å². The minimum atomic E-state index is -0.872. The standard InChI is InChI=1S/C21H18FN3O3/c22-14-3-1-2-4-15(14)25-12-21-8-5-16(28-21)17(18(21)20(25)27)19(26)24-11-13-6-9-23-10-7-13/h1-10,16-18H,11-12H2,(H,24,26)/t16-,17-,18+,21+/m1/s1. The number of nitrogens with one attached hydrogen (secondary N) is 1. The van der Waals surface area contributed by atoms with Gasteiger partial charge in [0.1, 0.15) is 11.4 Å². The molecular weight excluding hydrogens is 361 g/mol. The van der Waals surface area contributed by atoms with Crippen LogP contribution in [0.15, 0.2) is 60.9 Å². The lowest BCUT2D eigenvalue weighted by molar-refractivity contribution is -0.132. The highest BCUT2D eigenvalue weighted by molar-refractivity contribution is 6.03. The van der Waals surface area contributed by atoms with Crippen molar-refractivity contribution in [1.29, 1.82) is 0 Å². The Kier molecular flexibility index (Phi) is 3.80. The maximum absolute atomic E-state index is 14.3. The number of rotatable bonds is 4. The van der Waals surface area contributed by atoms with Crippen molar-refractivity contribution in [2.45, 2.75) is 18.2 Å². The van der Waals surface area contributed by atoms with E-state index in [0.717, 1.165) is 5.56 Å². The third-order valence-electron chi connectivity index (χ3n) is 5.76. The summed E-state index contributed by atoms with van der Waals surface area (Å²) < 4.78 is 20.3. The number of carbonyl (C=O) groups excluding carboxylic acids is 2. The van der Waals surface area contributed by atoms with Gasteiger partial charge in [0.15, 0.2) is 0 Å². The number of nitrogens with zero attached hydrogens (tertiary/aromatic N) is 2. The zero-order valence-electron chi connectivity index (χ0n) is 14.9. The van der Waals surface area contributed by atoms with Crippen molar-refractivity contribution in [3.8, 4) is 0 Å². The van der Waals surface area contributed by atoms with Gasteiger partial charge in [-0.1, -0.05) is 24.3 Å². The summed E-state index contributed by atoms with van der Waals surface area (Å²) in [6.07, 6.45) is 6.58. The van der Waals surface area contributed by atoms with E-state index in [1.165, 1.54) is 11.0 Å². The lowest BCUT2D eigenvalue weighted by atomic mass is 9.77. The van der Waals surface area contributed by atoms with Crippen LogP contribution in [0, 0.1) is 17.7 Å². The van der Waals surface area contributed by atoms with Crippen LogP contribution in [0.2, 0.25) is 0 Å². The van der Waals surface area contributed by atoms with E-state index in [0.29, 0.717) is 6.54 Å². The summed E-state index contributed by atoms with van der Waals surface area (Å²) in [6.45, 7) is 0.553. The first-order valence-corrected chi connectivity index (χ1v) is 9.19. The highest BCUT2D eigenvalue weighted by atomic mass is 19.1. The van der Waals surface area contributed by atoms with Crippen molar-refractivity contribution >= 4 is 17.5 Å². The van der Waals surface area contributed by atoms with Gasteiger partial charge in [-0.3, -0.25) is 14.6 Å². The van der Waals surface area contributed by atoms with Crippen LogP contribution in [0.4, 0.5) is 10.1 Å². The molecule has 2 aromatic rings. The molecule has 28 heavy (non-hydrogen) atoms. The smallest absolute Gasteiger partial charge is 0.234 e. The Morgan fingerprint density at radius 3 is 2.86 bits per heavy atom. The largest absolute Gasteiger partial charge is 0.360 e. The number of para-hydroxylation sites is 1. The molecule has 3 aliphatic heterocycles. The molecule has 4 atom stereocenters. The monoisotopic (exact) mass is 379 g/mol. The normalized spacial score (nSPS) is 30.0. The second kappa shape index (κ2) is 6.24. The van der Waals surface area contributed by atoms with Gasteiger partial charge in [0.05, 0.1) is 30.2 Å². The number of hydrogen-bond acceptors (Lipinski definition) is 4. The van der Waals surface area contributed by atoms with Gasteiger partial charge in [0.2, 0.25) is 11.8 Å². The number of benzene rings is 1. The highest BCUT2D eigenvalue weighted by Gasteiger charge is 2.67. The van der Waals surface area contributed by atoms with Gasteiger partial charge in [-0.2, -0.15) is 0 Å². The fraction of sp³-hybridized carbons (Fsp3) is 0.286. The van der Waals surface area contributed by atoms with Crippen molar-refractivity contribution in [1.82, 2.24) is 10.3 Å². The second-order valence-electron chi connectivity index (χ2n) is 7.35. The maximum atomic E-state index is 14.3. The van der Waals surface area contributed by atoms with Gasteiger partial charge in [0, 0.05) is 18.9 Å². The summed E-state index contributed by atoms with van der Waals surface area (Å²) in [5.74, 6) is -2.26. The number of anilines is 1. The quantitative estimate of drug-likeness (QED) is 0.823. The molecule has 2 fully saturated rings. The third-order valence-corrected chi connectivity index (χ3v) is 5.76. The van der Waals surface area contributed by atoms with Gasteiger partial charge < -0.3 is 15.0 Å². The molecule has 3 aliphatic rings. The van der Waals surface area contributed by atoms with Crippen molar-refractivity contribution in [3.05, 3.63) is 72.3 Å². The number of carbonyl (C=O) groups is 2. The first-order valence-electron chi connectivity index (χ1n) is 9.19. The van der Waals surface area contributed by atoms with Crippen LogP contribution >= 0.6 is 0 Å². The molecule has 5 rings (SSSR count). The summed E-state index contributed by atoms with van der Waals surface area (Å²) in [5, 5.41) is 2.90. The van der Waals surface area contributed by atoms with Crippen LogP contribution in [0.25, 0.3) is 0 Å². The molecule has 142 valence electrons. The minimum absolute atomic E-state index is 0.207. The molecule has 0 unspecified atom stereocenters. The van der Waals surface area contributed by atoms with Crippen molar-refractivity contribution in [2.24, 2.45) is 11.8 Å². The zero-order chi connectivity index (χ0) is 19.3. The Hall–Kier alpha value is -3.06. The molecule has 2 saturated heterocycles. The summed E-state index contributed by atoms with van der Waals surface area (Å²) >= 11 is 0. The number of fused-ring (bicyclic) bond motifs is 1. The van der Waals surface area contributed by atoms with E-state index in [1.54, 1.807) is 30.6 Å². The summed E-state index contributed by atoms with van der Waals surface area (Å²) in [7, 11) is 0. The number of ether oxygens (including phenoxy) is 1. The molecule has 1 aromatic heterocycles. The summed E-state index contributed by atoms with van der Waals surface area (Å²) in [6, 6.07) is 9.79. The molecule has 6 nitrogen and oxygen atoms in total. The van der Waals surface area contributed by atoms with Crippen LogP contribution in [-0.4, -0.2) is 35.0 Å². The predicted molar refractivity (Wildman–Crippen MR) is 98.6 cm³/mol. The number of amides is 2. The SMILES string of the molecule is O=C(NCc1ccncc1)[C@H]1[C@H]2C(=O)N(c3ccccc3F)C[C@@]23C=C[C@H]1O3. The first kappa shape index (κ1) is 17.1. The Morgan fingerprint density at radius 2 is 2.07 bits per heavy atom. The molecule has 0 aliphatic carbocycles. The molecule has 0 saturated carbocycles. The molecular formula is C21H18FN3O3. The minimum Gasteiger partial charge on any atom is -0.360 e. The summed E-state index contributed by atoms with van der Waals surface area (Å²) in [4.78, 5) is 31.4. The predicted octanol–water partition coefficient (Wildman–Crippen LogP) is 1.82.